The van der Waals surface area contributed by atoms with Crippen LogP contribution in [-0.4, -0.2) is 5.78 Å². The van der Waals surface area contributed by atoms with Crippen LogP contribution in [0.2, 0.25) is 5.02 Å². The highest BCUT2D eigenvalue weighted by Crippen LogP contribution is 2.37. The Morgan fingerprint density at radius 3 is 2.38 bits per heavy atom. The van der Waals surface area contributed by atoms with Gasteiger partial charge in [0, 0.05) is 10.4 Å². The molecule has 0 aliphatic heterocycles. The first-order valence-corrected chi connectivity index (χ1v) is 5.88. The number of rotatable bonds is 1. The summed E-state index contributed by atoms with van der Waals surface area (Å²) in [7, 11) is 0. The van der Waals surface area contributed by atoms with Gasteiger partial charge in [0.2, 0.25) is 0 Å². The predicted molar refractivity (Wildman–Crippen MR) is 67.5 cm³/mol. The van der Waals surface area contributed by atoms with Crippen molar-refractivity contribution in [1.29, 1.82) is 0 Å². The van der Waals surface area contributed by atoms with E-state index in [0.717, 1.165) is 29.0 Å². The molecule has 16 heavy (non-hydrogen) atoms. The van der Waals surface area contributed by atoms with Crippen molar-refractivity contribution in [1.82, 2.24) is 0 Å². The molecule has 0 atom stereocenters. The maximum Gasteiger partial charge on any atom is 0.164 e. The first-order valence-electron chi connectivity index (χ1n) is 5.50. The zero-order valence-corrected chi connectivity index (χ0v) is 10.3. The highest BCUT2D eigenvalue weighted by molar-refractivity contribution is 6.30. The Hall–Kier alpha value is -1.08. The second-order valence-corrected chi connectivity index (χ2v) is 5.37. The number of halogens is 1. The molecular weight excluding hydrogens is 220 g/mol. The zero-order valence-electron chi connectivity index (χ0n) is 9.59. The minimum Gasteiger partial charge on any atom is -0.294 e. The average molecular weight is 235 g/mol. The molecule has 1 aliphatic carbocycles. The summed E-state index contributed by atoms with van der Waals surface area (Å²) in [5.74, 6) is 0.280. The molecule has 1 saturated carbocycles. The molecule has 0 spiro atoms. The van der Waals surface area contributed by atoms with E-state index in [4.69, 9.17) is 11.6 Å². The van der Waals surface area contributed by atoms with E-state index in [-0.39, 0.29) is 11.2 Å². The molecule has 1 nitrogen and oxygen atoms in total. The normalized spacial score (nSPS) is 21.7. The van der Waals surface area contributed by atoms with E-state index < -0.39 is 0 Å². The Morgan fingerprint density at radius 2 is 1.88 bits per heavy atom. The third kappa shape index (κ3) is 2.19. The van der Waals surface area contributed by atoms with Gasteiger partial charge in [0.25, 0.3) is 0 Å². The molecule has 84 valence electrons. The number of Topliss-reactive ketones (excluding diaryl/α,β-unsaturated/α-hetero) is 1. The largest absolute Gasteiger partial charge is 0.294 e. The van der Waals surface area contributed by atoms with E-state index in [0.29, 0.717) is 0 Å². The van der Waals surface area contributed by atoms with Gasteiger partial charge < -0.3 is 0 Å². The van der Waals surface area contributed by atoms with Crippen LogP contribution in [0.15, 0.2) is 29.8 Å². The van der Waals surface area contributed by atoms with E-state index >= 15 is 0 Å². The van der Waals surface area contributed by atoms with Crippen LogP contribution in [-0.2, 0) is 4.79 Å². The standard InChI is InChI=1S/C14H15ClO/c1-14(2)8-7-11(13(14)16)9-10-3-5-12(15)6-4-10/h3-6,9H,7-8H2,1-2H3/b11-9-. The van der Waals surface area contributed by atoms with Crippen molar-refractivity contribution >= 4 is 23.5 Å². The van der Waals surface area contributed by atoms with E-state index in [9.17, 15) is 4.79 Å². The van der Waals surface area contributed by atoms with Crippen LogP contribution in [0.3, 0.4) is 0 Å². The summed E-state index contributed by atoms with van der Waals surface area (Å²) in [6, 6.07) is 7.57. The van der Waals surface area contributed by atoms with Crippen molar-refractivity contribution < 1.29 is 4.79 Å². The van der Waals surface area contributed by atoms with Gasteiger partial charge in [-0.1, -0.05) is 37.6 Å². The van der Waals surface area contributed by atoms with Gasteiger partial charge in [-0.15, -0.1) is 0 Å². The number of hydrogen-bond donors (Lipinski definition) is 0. The minimum atomic E-state index is -0.182. The van der Waals surface area contributed by atoms with Crippen molar-refractivity contribution in [3.63, 3.8) is 0 Å². The second kappa shape index (κ2) is 4.06. The Kier molecular flexibility index (Phi) is 2.90. The molecule has 0 N–H and O–H groups in total. The van der Waals surface area contributed by atoms with E-state index in [2.05, 4.69) is 0 Å². The van der Waals surface area contributed by atoms with Gasteiger partial charge in [0.1, 0.15) is 0 Å². The molecule has 0 unspecified atom stereocenters. The highest BCUT2D eigenvalue weighted by Gasteiger charge is 2.36. The molecule has 1 aliphatic rings. The van der Waals surface area contributed by atoms with Gasteiger partial charge in [0.05, 0.1) is 0 Å². The minimum absolute atomic E-state index is 0.182. The van der Waals surface area contributed by atoms with Gasteiger partial charge in [0.15, 0.2) is 5.78 Å². The Bertz CT molecular complexity index is 440. The summed E-state index contributed by atoms with van der Waals surface area (Å²) in [6.07, 6.45) is 3.81. The maximum absolute atomic E-state index is 12.0. The van der Waals surface area contributed by atoms with Crippen molar-refractivity contribution in [2.75, 3.05) is 0 Å². The van der Waals surface area contributed by atoms with Crippen LogP contribution in [0.5, 0.6) is 0 Å². The van der Waals surface area contributed by atoms with Crippen LogP contribution in [0, 0.1) is 5.41 Å². The lowest BCUT2D eigenvalue weighted by molar-refractivity contribution is -0.121. The summed E-state index contributed by atoms with van der Waals surface area (Å²) in [6.45, 7) is 4.02. The highest BCUT2D eigenvalue weighted by atomic mass is 35.5. The Morgan fingerprint density at radius 1 is 1.25 bits per heavy atom. The van der Waals surface area contributed by atoms with Gasteiger partial charge in [-0.3, -0.25) is 4.79 Å². The molecule has 0 heterocycles. The molecule has 2 rings (SSSR count). The van der Waals surface area contributed by atoms with Gasteiger partial charge in [-0.2, -0.15) is 0 Å². The molecular formula is C14H15ClO. The molecule has 0 amide bonds. The first kappa shape index (κ1) is 11.4. The molecule has 0 radical (unpaired) electrons. The number of hydrogen-bond acceptors (Lipinski definition) is 1. The summed E-state index contributed by atoms with van der Waals surface area (Å²) >= 11 is 5.81. The average Bonchev–Trinajstić information content (AvgIpc) is 2.49. The molecule has 0 bridgehead atoms. The number of carbonyl (C=O) groups is 1. The fourth-order valence-electron chi connectivity index (χ4n) is 2.01. The fraction of sp³-hybridized carbons (Fsp3) is 0.357. The summed E-state index contributed by atoms with van der Waals surface area (Å²) in [5.41, 5.74) is 1.80. The van der Waals surface area contributed by atoms with E-state index in [1.807, 2.05) is 44.2 Å². The third-order valence-electron chi connectivity index (χ3n) is 3.14. The van der Waals surface area contributed by atoms with Crippen LogP contribution >= 0.6 is 11.6 Å². The van der Waals surface area contributed by atoms with Crippen molar-refractivity contribution in [2.24, 2.45) is 5.41 Å². The quantitative estimate of drug-likeness (QED) is 0.669. The van der Waals surface area contributed by atoms with Crippen molar-refractivity contribution in [3.8, 4) is 0 Å². The van der Waals surface area contributed by atoms with Gasteiger partial charge >= 0.3 is 0 Å². The number of ketones is 1. The van der Waals surface area contributed by atoms with Crippen LogP contribution < -0.4 is 0 Å². The SMILES string of the molecule is CC1(C)CC/C(=C/c2ccc(Cl)cc2)C1=O. The van der Waals surface area contributed by atoms with Crippen molar-refractivity contribution in [3.05, 3.63) is 40.4 Å². The second-order valence-electron chi connectivity index (χ2n) is 4.93. The third-order valence-corrected chi connectivity index (χ3v) is 3.39. The summed E-state index contributed by atoms with van der Waals surface area (Å²) in [5, 5.41) is 0.722. The lowest BCUT2D eigenvalue weighted by Gasteiger charge is -2.12. The zero-order chi connectivity index (χ0) is 11.8. The maximum atomic E-state index is 12.0. The molecule has 1 aromatic carbocycles. The predicted octanol–water partition coefficient (Wildman–Crippen LogP) is 4.11. The van der Waals surface area contributed by atoms with E-state index in [1.165, 1.54) is 0 Å². The monoisotopic (exact) mass is 234 g/mol. The van der Waals surface area contributed by atoms with Gasteiger partial charge in [-0.25, -0.2) is 0 Å². The number of benzene rings is 1. The number of carbonyl (C=O) groups excluding carboxylic acids is 1. The topological polar surface area (TPSA) is 17.1 Å². The first-order chi connectivity index (χ1) is 7.49. The summed E-state index contributed by atoms with van der Waals surface area (Å²) in [4.78, 5) is 12.0. The lowest BCUT2D eigenvalue weighted by Crippen LogP contribution is -2.17. The lowest BCUT2D eigenvalue weighted by atomic mass is 9.90. The molecule has 0 aromatic heterocycles. The van der Waals surface area contributed by atoms with Gasteiger partial charge in [-0.05, 0) is 42.2 Å². The van der Waals surface area contributed by atoms with Crippen LogP contribution in [0.25, 0.3) is 6.08 Å². The fourth-order valence-corrected chi connectivity index (χ4v) is 2.13. The van der Waals surface area contributed by atoms with Crippen LogP contribution in [0.1, 0.15) is 32.3 Å². The number of allylic oxidation sites excluding steroid dienone is 1. The Labute approximate surface area is 101 Å². The molecule has 1 aromatic rings. The Balaban J connectivity index is 2.26. The molecule has 0 saturated heterocycles. The smallest absolute Gasteiger partial charge is 0.164 e. The van der Waals surface area contributed by atoms with Crippen molar-refractivity contribution in [2.45, 2.75) is 26.7 Å². The van der Waals surface area contributed by atoms with Crippen LogP contribution in [0.4, 0.5) is 0 Å². The molecule has 2 heteroatoms. The molecule has 1 fully saturated rings. The summed E-state index contributed by atoms with van der Waals surface area (Å²) < 4.78 is 0. The van der Waals surface area contributed by atoms with E-state index in [1.54, 1.807) is 0 Å².